The number of aromatic nitrogens is 1. The summed E-state index contributed by atoms with van der Waals surface area (Å²) in [5, 5.41) is 1.88. The molecule has 27 heavy (non-hydrogen) atoms. The van der Waals surface area contributed by atoms with E-state index < -0.39 is 29.2 Å². The Hall–Kier alpha value is -2.30. The smallest absolute Gasteiger partial charge is 0.416 e. The van der Waals surface area contributed by atoms with Crippen LogP contribution in [0.4, 0.5) is 31.5 Å². The third kappa shape index (κ3) is 5.34. The molecule has 11 heteroatoms. The standard InChI is InChI=1S/C16H14F6N2O2S/c1-3-24(9(2)25)14-23-12(8-27-14)7-26-13-5-10(15(17,18)19)4-11(6-13)16(20,21)22/h4-6,8H,3,7H2,1-2H3. The number of halogens is 6. The van der Waals surface area contributed by atoms with Crippen LogP contribution >= 0.6 is 11.3 Å². The summed E-state index contributed by atoms with van der Waals surface area (Å²) < 4.78 is 82.1. The molecule has 2 aromatic rings. The quantitative estimate of drug-likeness (QED) is 0.640. The largest absolute Gasteiger partial charge is 0.487 e. The average molecular weight is 412 g/mol. The highest BCUT2D eigenvalue weighted by molar-refractivity contribution is 7.14. The van der Waals surface area contributed by atoms with Gasteiger partial charge in [-0.3, -0.25) is 9.69 Å². The first-order valence-corrected chi connectivity index (χ1v) is 8.44. The van der Waals surface area contributed by atoms with Crippen molar-refractivity contribution in [2.45, 2.75) is 32.8 Å². The van der Waals surface area contributed by atoms with Gasteiger partial charge in [0.15, 0.2) is 5.13 Å². The number of rotatable bonds is 5. The monoisotopic (exact) mass is 412 g/mol. The Morgan fingerprint density at radius 2 is 1.67 bits per heavy atom. The van der Waals surface area contributed by atoms with Gasteiger partial charge < -0.3 is 4.74 Å². The van der Waals surface area contributed by atoms with E-state index >= 15 is 0 Å². The second kappa shape index (κ2) is 7.75. The molecule has 2 rings (SSSR count). The van der Waals surface area contributed by atoms with Crippen LogP contribution < -0.4 is 9.64 Å². The van der Waals surface area contributed by atoms with E-state index in [-0.39, 0.29) is 24.3 Å². The van der Waals surface area contributed by atoms with Crippen molar-refractivity contribution in [2.75, 3.05) is 11.4 Å². The lowest BCUT2D eigenvalue weighted by Gasteiger charge is -2.15. The zero-order valence-electron chi connectivity index (χ0n) is 14.1. The molecule has 1 aromatic carbocycles. The molecule has 0 fully saturated rings. The molecule has 0 atom stereocenters. The van der Waals surface area contributed by atoms with Gasteiger partial charge in [0.05, 0.1) is 16.8 Å². The Morgan fingerprint density at radius 3 is 2.11 bits per heavy atom. The normalized spacial score (nSPS) is 12.1. The molecule has 148 valence electrons. The van der Waals surface area contributed by atoms with Crippen LogP contribution in [-0.2, 0) is 23.8 Å². The van der Waals surface area contributed by atoms with Crippen molar-refractivity contribution in [2.24, 2.45) is 0 Å². The topological polar surface area (TPSA) is 42.4 Å². The van der Waals surface area contributed by atoms with Gasteiger partial charge in [0.25, 0.3) is 0 Å². The van der Waals surface area contributed by atoms with Crippen LogP contribution in [0, 0.1) is 0 Å². The van der Waals surface area contributed by atoms with E-state index in [2.05, 4.69) is 4.98 Å². The lowest BCUT2D eigenvalue weighted by atomic mass is 10.1. The predicted octanol–water partition coefficient (Wildman–Crippen LogP) is 5.13. The van der Waals surface area contributed by atoms with Crippen molar-refractivity contribution < 1.29 is 35.9 Å². The molecule has 0 bridgehead atoms. The molecule has 0 aliphatic heterocycles. The minimum Gasteiger partial charge on any atom is -0.487 e. The van der Waals surface area contributed by atoms with Crippen molar-refractivity contribution in [1.82, 2.24) is 4.98 Å². The maximum atomic E-state index is 12.8. The highest BCUT2D eigenvalue weighted by Crippen LogP contribution is 2.38. The van der Waals surface area contributed by atoms with Gasteiger partial charge in [-0.15, -0.1) is 11.3 Å². The number of alkyl halides is 6. The fourth-order valence-electron chi connectivity index (χ4n) is 2.15. The van der Waals surface area contributed by atoms with Gasteiger partial charge in [0, 0.05) is 18.8 Å². The molecular formula is C16H14F6N2O2S. The van der Waals surface area contributed by atoms with Crippen LogP contribution in [-0.4, -0.2) is 17.4 Å². The second-order valence-electron chi connectivity index (χ2n) is 5.41. The number of carbonyl (C=O) groups excluding carboxylic acids is 1. The zero-order chi connectivity index (χ0) is 20.4. The fraction of sp³-hybridized carbons (Fsp3) is 0.375. The van der Waals surface area contributed by atoms with Crippen molar-refractivity contribution >= 4 is 22.4 Å². The number of carbonyl (C=O) groups is 1. The number of hydrogen-bond acceptors (Lipinski definition) is 4. The number of ether oxygens (including phenoxy) is 1. The third-order valence-electron chi connectivity index (χ3n) is 3.41. The van der Waals surface area contributed by atoms with Crippen LogP contribution in [0.3, 0.4) is 0 Å². The van der Waals surface area contributed by atoms with Crippen molar-refractivity contribution in [3.8, 4) is 5.75 Å². The average Bonchev–Trinajstić information content (AvgIpc) is 3.00. The maximum absolute atomic E-state index is 12.8. The molecule has 0 spiro atoms. The molecule has 4 nitrogen and oxygen atoms in total. The van der Waals surface area contributed by atoms with Gasteiger partial charge in [-0.2, -0.15) is 26.3 Å². The first-order valence-electron chi connectivity index (χ1n) is 7.56. The van der Waals surface area contributed by atoms with Crippen LogP contribution in [0.1, 0.15) is 30.7 Å². The molecule has 0 N–H and O–H groups in total. The number of hydrogen-bond donors (Lipinski definition) is 0. The van der Waals surface area contributed by atoms with E-state index in [1.54, 1.807) is 6.92 Å². The van der Waals surface area contributed by atoms with E-state index in [1.807, 2.05) is 0 Å². The molecular weight excluding hydrogens is 398 g/mol. The van der Waals surface area contributed by atoms with Gasteiger partial charge in [-0.25, -0.2) is 4.98 Å². The summed E-state index contributed by atoms with van der Waals surface area (Å²) in [6.07, 6.45) is -9.90. The number of benzene rings is 1. The molecule has 1 amide bonds. The molecule has 0 saturated heterocycles. The van der Waals surface area contributed by atoms with Gasteiger partial charge >= 0.3 is 12.4 Å². The number of thiazole rings is 1. The summed E-state index contributed by atoms with van der Waals surface area (Å²) in [4.78, 5) is 17.0. The molecule has 0 radical (unpaired) electrons. The fourth-order valence-corrected chi connectivity index (χ4v) is 3.06. The number of amides is 1. The van der Waals surface area contributed by atoms with Crippen molar-refractivity contribution in [3.05, 3.63) is 40.4 Å². The molecule has 0 aliphatic rings. The van der Waals surface area contributed by atoms with Crippen LogP contribution in [0.2, 0.25) is 0 Å². The lowest BCUT2D eigenvalue weighted by Crippen LogP contribution is -2.27. The number of anilines is 1. The summed E-state index contributed by atoms with van der Waals surface area (Å²) in [5.74, 6) is -0.822. The molecule has 1 heterocycles. The SMILES string of the molecule is CCN(C(C)=O)c1nc(COc2cc(C(F)(F)F)cc(C(F)(F)F)c2)cs1. The summed E-state index contributed by atoms with van der Waals surface area (Å²) in [7, 11) is 0. The summed E-state index contributed by atoms with van der Waals surface area (Å²) in [5.41, 5.74) is -2.64. The lowest BCUT2D eigenvalue weighted by molar-refractivity contribution is -0.143. The van der Waals surface area contributed by atoms with Gasteiger partial charge in [0.1, 0.15) is 12.4 Å². The summed E-state index contributed by atoms with van der Waals surface area (Å²) in [6, 6.07) is 1.02. The maximum Gasteiger partial charge on any atom is 0.416 e. The van der Waals surface area contributed by atoms with E-state index in [1.165, 1.54) is 17.2 Å². The predicted molar refractivity (Wildman–Crippen MR) is 86.6 cm³/mol. The first-order chi connectivity index (χ1) is 12.4. The molecule has 0 unspecified atom stereocenters. The van der Waals surface area contributed by atoms with Crippen molar-refractivity contribution in [3.63, 3.8) is 0 Å². The Kier molecular flexibility index (Phi) is 6.03. The minimum absolute atomic E-state index is 0.0276. The van der Waals surface area contributed by atoms with Gasteiger partial charge in [-0.1, -0.05) is 0 Å². The number of nitrogens with zero attached hydrogens (tertiary/aromatic N) is 2. The second-order valence-corrected chi connectivity index (χ2v) is 6.25. The highest BCUT2D eigenvalue weighted by Gasteiger charge is 2.37. The third-order valence-corrected chi connectivity index (χ3v) is 4.33. The Bertz CT molecular complexity index is 784. The molecule has 1 aromatic heterocycles. The summed E-state index contributed by atoms with van der Waals surface area (Å²) >= 11 is 1.11. The Balaban J connectivity index is 2.23. The van der Waals surface area contributed by atoms with Gasteiger partial charge in [-0.05, 0) is 25.1 Å². The van der Waals surface area contributed by atoms with E-state index in [9.17, 15) is 31.1 Å². The van der Waals surface area contributed by atoms with E-state index in [0.29, 0.717) is 23.8 Å². The first kappa shape index (κ1) is 21.0. The van der Waals surface area contributed by atoms with E-state index in [0.717, 1.165) is 11.3 Å². The zero-order valence-corrected chi connectivity index (χ0v) is 14.9. The Labute approximate surface area is 154 Å². The van der Waals surface area contributed by atoms with E-state index in [4.69, 9.17) is 4.74 Å². The van der Waals surface area contributed by atoms with Crippen molar-refractivity contribution in [1.29, 1.82) is 0 Å². The van der Waals surface area contributed by atoms with Crippen LogP contribution in [0.15, 0.2) is 23.6 Å². The van der Waals surface area contributed by atoms with Gasteiger partial charge in [0.2, 0.25) is 5.91 Å². The molecule has 0 aliphatic carbocycles. The molecule has 0 saturated carbocycles. The van der Waals surface area contributed by atoms with Crippen LogP contribution in [0.5, 0.6) is 5.75 Å². The highest BCUT2D eigenvalue weighted by atomic mass is 32.1. The minimum atomic E-state index is -4.95. The summed E-state index contributed by atoms with van der Waals surface area (Å²) in [6.45, 7) is 3.11. The van der Waals surface area contributed by atoms with Crippen LogP contribution in [0.25, 0.3) is 0 Å². The Morgan fingerprint density at radius 1 is 1.11 bits per heavy atom.